The van der Waals surface area contributed by atoms with E-state index in [4.69, 9.17) is 11.6 Å². The quantitative estimate of drug-likeness (QED) is 0.790. The number of hydrogen-bond acceptors (Lipinski definition) is 5. The maximum Gasteiger partial charge on any atom is 0.151 e. The summed E-state index contributed by atoms with van der Waals surface area (Å²) in [5.41, 5.74) is 0. The minimum Gasteiger partial charge on any atom is -0.357 e. The summed E-state index contributed by atoms with van der Waals surface area (Å²) in [7, 11) is 0. The second-order valence-corrected chi connectivity index (χ2v) is 7.98. The Bertz CT molecular complexity index is 768. The van der Waals surface area contributed by atoms with Gasteiger partial charge in [-0.3, -0.25) is 0 Å². The van der Waals surface area contributed by atoms with Gasteiger partial charge in [-0.1, -0.05) is 11.6 Å². The van der Waals surface area contributed by atoms with Crippen LogP contribution < -0.4 is 9.80 Å². The monoisotopic (exact) mass is 389 g/mol. The second kappa shape index (κ2) is 7.97. The lowest BCUT2D eigenvalue weighted by Crippen LogP contribution is -2.41. The molecule has 4 heterocycles. The molecule has 2 aliphatic rings. The predicted molar refractivity (Wildman–Crippen MR) is 106 cm³/mol. The summed E-state index contributed by atoms with van der Waals surface area (Å²) in [6, 6.07) is 3.27. The largest absolute Gasteiger partial charge is 0.357 e. The molecule has 0 bridgehead atoms. The molecule has 0 atom stereocenters. The van der Waals surface area contributed by atoms with Crippen molar-refractivity contribution in [2.75, 3.05) is 36.0 Å². The second-order valence-electron chi connectivity index (χ2n) is 7.57. The summed E-state index contributed by atoms with van der Waals surface area (Å²) in [5, 5.41) is 0.638. The third-order valence-corrected chi connectivity index (χ3v) is 6.19. The normalized spacial score (nSPS) is 19.5. The van der Waals surface area contributed by atoms with Crippen molar-refractivity contribution in [3.05, 3.63) is 41.2 Å². The van der Waals surface area contributed by atoms with E-state index < -0.39 is 0 Å². The van der Waals surface area contributed by atoms with Gasteiger partial charge in [0.2, 0.25) is 0 Å². The van der Waals surface area contributed by atoms with Crippen LogP contribution in [0.3, 0.4) is 0 Å². The van der Waals surface area contributed by atoms with Crippen LogP contribution in [-0.4, -0.2) is 41.1 Å². The van der Waals surface area contributed by atoms with Crippen molar-refractivity contribution in [1.82, 2.24) is 15.0 Å². The molecule has 2 aliphatic heterocycles. The maximum absolute atomic E-state index is 13.1. The van der Waals surface area contributed by atoms with Crippen molar-refractivity contribution in [1.29, 1.82) is 0 Å². The molecule has 2 saturated heterocycles. The number of pyridine rings is 1. The predicted octanol–water partition coefficient (Wildman–Crippen LogP) is 4.11. The molecule has 0 saturated carbocycles. The van der Waals surface area contributed by atoms with E-state index in [0.29, 0.717) is 5.02 Å². The maximum atomic E-state index is 13.1. The standard InChI is InChI=1S/C20H25ClFN5/c1-14-23-13-18(21)20(25-14)27-10-6-16(7-11-27)15-4-8-26(9-5-15)19-3-2-17(22)12-24-19/h2-3,12-13,15-16H,4-11H2,1H3. The van der Waals surface area contributed by atoms with Gasteiger partial charge in [0, 0.05) is 26.2 Å². The van der Waals surface area contributed by atoms with Gasteiger partial charge in [0.05, 0.1) is 12.4 Å². The van der Waals surface area contributed by atoms with Crippen LogP contribution in [0.2, 0.25) is 5.02 Å². The summed E-state index contributed by atoms with van der Waals surface area (Å²) in [5.74, 6) is 3.76. The number of hydrogen-bond donors (Lipinski definition) is 0. The Balaban J connectivity index is 1.30. The zero-order chi connectivity index (χ0) is 18.8. The van der Waals surface area contributed by atoms with Gasteiger partial charge in [-0.05, 0) is 56.6 Å². The van der Waals surface area contributed by atoms with Crippen molar-refractivity contribution in [3.8, 4) is 0 Å². The minimum absolute atomic E-state index is 0.278. The van der Waals surface area contributed by atoms with E-state index in [-0.39, 0.29) is 5.82 Å². The van der Waals surface area contributed by atoms with Gasteiger partial charge in [-0.25, -0.2) is 19.3 Å². The first-order valence-electron chi connectivity index (χ1n) is 9.71. The van der Waals surface area contributed by atoms with Gasteiger partial charge in [0.15, 0.2) is 5.82 Å². The highest BCUT2D eigenvalue weighted by Gasteiger charge is 2.30. The first-order valence-corrected chi connectivity index (χ1v) is 10.1. The number of piperidine rings is 2. The van der Waals surface area contributed by atoms with Crippen LogP contribution >= 0.6 is 11.6 Å². The van der Waals surface area contributed by atoms with Crippen LogP contribution in [0.15, 0.2) is 24.5 Å². The molecule has 0 unspecified atom stereocenters. The molecule has 0 aliphatic carbocycles. The first kappa shape index (κ1) is 18.4. The van der Waals surface area contributed by atoms with Crippen LogP contribution in [0.25, 0.3) is 0 Å². The van der Waals surface area contributed by atoms with E-state index in [1.54, 1.807) is 12.3 Å². The molecule has 0 spiro atoms. The van der Waals surface area contributed by atoms with Crippen LogP contribution in [-0.2, 0) is 0 Å². The van der Waals surface area contributed by atoms with E-state index in [9.17, 15) is 4.39 Å². The Morgan fingerprint density at radius 1 is 0.926 bits per heavy atom. The lowest BCUT2D eigenvalue weighted by molar-refractivity contribution is 0.232. The SMILES string of the molecule is Cc1ncc(Cl)c(N2CCC(C3CCN(c4ccc(F)cn4)CC3)CC2)n1. The highest BCUT2D eigenvalue weighted by atomic mass is 35.5. The summed E-state index contributed by atoms with van der Waals surface area (Å²) in [6.45, 7) is 5.90. The fraction of sp³-hybridized carbons (Fsp3) is 0.550. The Morgan fingerprint density at radius 3 is 2.15 bits per heavy atom. The number of aryl methyl sites for hydroxylation is 1. The lowest BCUT2D eigenvalue weighted by Gasteiger charge is -2.41. The average Bonchev–Trinajstić information content (AvgIpc) is 2.71. The van der Waals surface area contributed by atoms with Gasteiger partial charge in [0.1, 0.15) is 22.5 Å². The smallest absolute Gasteiger partial charge is 0.151 e. The number of rotatable bonds is 3. The molecule has 2 fully saturated rings. The van der Waals surface area contributed by atoms with Gasteiger partial charge in [-0.2, -0.15) is 0 Å². The van der Waals surface area contributed by atoms with Crippen LogP contribution in [0, 0.1) is 24.6 Å². The lowest BCUT2D eigenvalue weighted by atomic mass is 9.79. The highest BCUT2D eigenvalue weighted by molar-refractivity contribution is 6.32. The molecule has 0 N–H and O–H groups in total. The van der Waals surface area contributed by atoms with Crippen molar-refractivity contribution in [2.24, 2.45) is 11.8 Å². The zero-order valence-corrected chi connectivity index (χ0v) is 16.4. The average molecular weight is 390 g/mol. The number of nitrogens with zero attached hydrogens (tertiary/aromatic N) is 5. The van der Waals surface area contributed by atoms with Crippen LogP contribution in [0.4, 0.5) is 16.0 Å². The third-order valence-electron chi connectivity index (χ3n) is 5.93. The van der Waals surface area contributed by atoms with E-state index in [0.717, 1.165) is 55.5 Å². The molecule has 144 valence electrons. The van der Waals surface area contributed by atoms with Crippen molar-refractivity contribution in [2.45, 2.75) is 32.6 Å². The zero-order valence-electron chi connectivity index (χ0n) is 15.6. The molecule has 2 aromatic rings. The van der Waals surface area contributed by atoms with Crippen molar-refractivity contribution in [3.63, 3.8) is 0 Å². The van der Waals surface area contributed by atoms with Crippen LogP contribution in [0.1, 0.15) is 31.5 Å². The molecule has 0 aromatic carbocycles. The summed E-state index contributed by atoms with van der Waals surface area (Å²) in [6.07, 6.45) is 7.72. The Morgan fingerprint density at radius 2 is 1.56 bits per heavy atom. The van der Waals surface area contributed by atoms with Crippen LogP contribution in [0.5, 0.6) is 0 Å². The molecule has 7 heteroatoms. The highest BCUT2D eigenvalue weighted by Crippen LogP contribution is 2.35. The Labute approximate surface area is 164 Å². The first-order chi connectivity index (χ1) is 13.1. The molecule has 4 rings (SSSR count). The fourth-order valence-electron chi connectivity index (χ4n) is 4.40. The summed E-state index contributed by atoms with van der Waals surface area (Å²) >= 11 is 6.30. The van der Waals surface area contributed by atoms with E-state index in [2.05, 4.69) is 24.8 Å². The summed E-state index contributed by atoms with van der Waals surface area (Å²) < 4.78 is 13.1. The van der Waals surface area contributed by atoms with Crippen molar-refractivity contribution < 1.29 is 4.39 Å². The van der Waals surface area contributed by atoms with Gasteiger partial charge in [-0.15, -0.1) is 0 Å². The van der Waals surface area contributed by atoms with Gasteiger partial charge >= 0.3 is 0 Å². The molecular weight excluding hydrogens is 365 g/mol. The number of anilines is 2. The van der Waals surface area contributed by atoms with E-state index >= 15 is 0 Å². The molecular formula is C20H25ClFN5. The number of aromatic nitrogens is 3. The van der Waals surface area contributed by atoms with Gasteiger partial charge in [0.25, 0.3) is 0 Å². The third kappa shape index (κ3) is 4.15. The van der Waals surface area contributed by atoms with E-state index in [1.807, 2.05) is 6.92 Å². The Hall–Kier alpha value is -1.95. The Kier molecular flexibility index (Phi) is 5.43. The molecule has 2 aromatic heterocycles. The minimum atomic E-state index is -0.278. The van der Waals surface area contributed by atoms with Crippen molar-refractivity contribution >= 4 is 23.2 Å². The fourth-order valence-corrected chi connectivity index (χ4v) is 4.61. The molecule has 0 radical (unpaired) electrons. The topological polar surface area (TPSA) is 45.2 Å². The molecule has 5 nitrogen and oxygen atoms in total. The van der Waals surface area contributed by atoms with Gasteiger partial charge < -0.3 is 9.80 Å². The molecule has 27 heavy (non-hydrogen) atoms. The molecule has 0 amide bonds. The van der Waals surface area contributed by atoms with E-state index in [1.165, 1.54) is 37.9 Å². The number of halogens is 2. The summed E-state index contributed by atoms with van der Waals surface area (Å²) in [4.78, 5) is 17.5.